The maximum atomic E-state index is 13.4. The fraction of sp³-hybridized carbons (Fsp3) is 0.138. The van der Waals surface area contributed by atoms with E-state index in [0.29, 0.717) is 39.2 Å². The number of fused-ring (bicyclic) bond motifs is 4. The number of esters is 1. The van der Waals surface area contributed by atoms with Gasteiger partial charge in [-0.25, -0.2) is 0 Å². The van der Waals surface area contributed by atoms with Gasteiger partial charge in [-0.2, -0.15) is 0 Å². The molecule has 0 saturated carbocycles. The van der Waals surface area contributed by atoms with Crippen LogP contribution < -0.4 is 24.4 Å². The van der Waals surface area contributed by atoms with Gasteiger partial charge in [-0.05, 0) is 42.5 Å². The molecule has 0 unspecified atom stereocenters. The lowest BCUT2D eigenvalue weighted by Gasteiger charge is -2.25. The topological polar surface area (TPSA) is 101 Å². The molecule has 0 radical (unpaired) electrons. The predicted octanol–water partition coefficient (Wildman–Crippen LogP) is 4.87. The third kappa shape index (κ3) is 3.65. The molecule has 0 spiro atoms. The van der Waals surface area contributed by atoms with Crippen LogP contribution in [-0.2, 0) is 4.79 Å². The zero-order chi connectivity index (χ0) is 25.7. The lowest BCUT2D eigenvalue weighted by atomic mass is 9.85. The molecule has 37 heavy (non-hydrogen) atoms. The van der Waals surface area contributed by atoms with E-state index in [1.54, 1.807) is 67.8 Å². The van der Waals surface area contributed by atoms with Crippen molar-refractivity contribution in [3.8, 4) is 23.0 Å². The summed E-state index contributed by atoms with van der Waals surface area (Å²) in [4.78, 5) is 39.2. The molecule has 0 saturated heterocycles. The Bertz CT molecular complexity index is 1690. The summed E-state index contributed by atoms with van der Waals surface area (Å²) in [5, 5.41) is 0.400. The quantitative estimate of drug-likeness (QED) is 0.224. The summed E-state index contributed by atoms with van der Waals surface area (Å²) in [5.41, 5.74) is 1.86. The number of para-hydroxylation sites is 1. The minimum absolute atomic E-state index is 0.0769. The Balaban J connectivity index is 1.48. The average Bonchev–Trinajstić information content (AvgIpc) is 3.23. The lowest BCUT2D eigenvalue weighted by Crippen LogP contribution is -2.25. The summed E-state index contributed by atoms with van der Waals surface area (Å²) in [6.07, 6.45) is 2.85. The molecule has 0 aliphatic carbocycles. The zero-order valence-corrected chi connectivity index (χ0v) is 19.9. The van der Waals surface area contributed by atoms with Crippen LogP contribution in [0.1, 0.15) is 39.4 Å². The van der Waals surface area contributed by atoms with E-state index in [-0.39, 0.29) is 40.5 Å². The Morgan fingerprint density at radius 2 is 1.78 bits per heavy atom. The zero-order valence-electron chi connectivity index (χ0n) is 19.9. The fourth-order valence-corrected chi connectivity index (χ4v) is 4.78. The molecule has 4 aromatic rings. The van der Waals surface area contributed by atoms with Crippen LogP contribution >= 0.6 is 0 Å². The molecule has 6 rings (SSSR count). The molecule has 8 heteroatoms. The average molecular weight is 496 g/mol. The summed E-state index contributed by atoms with van der Waals surface area (Å²) in [5.74, 6) is 0.137. The van der Waals surface area contributed by atoms with Gasteiger partial charge in [0.05, 0.1) is 37.9 Å². The highest BCUT2D eigenvalue weighted by molar-refractivity contribution is 6.15. The molecule has 2 aliphatic heterocycles. The Kier molecular flexibility index (Phi) is 5.30. The number of hydrogen-bond acceptors (Lipinski definition) is 8. The first kappa shape index (κ1) is 22.6. The number of carbonyl (C=O) groups is 2. The smallest absolute Gasteiger partial charge is 0.312 e. The summed E-state index contributed by atoms with van der Waals surface area (Å²) in [6.45, 7) is 0. The molecule has 1 atom stereocenters. The minimum atomic E-state index is -0.713. The number of ketones is 1. The predicted molar refractivity (Wildman–Crippen MR) is 134 cm³/mol. The van der Waals surface area contributed by atoms with Crippen LogP contribution in [-0.4, -0.2) is 26.0 Å². The Hall–Kier alpha value is -4.85. The van der Waals surface area contributed by atoms with Gasteiger partial charge in [0.2, 0.25) is 5.78 Å². The number of ether oxygens (including phenoxy) is 4. The van der Waals surface area contributed by atoms with E-state index in [9.17, 15) is 14.4 Å². The molecule has 0 bridgehead atoms. The molecule has 0 N–H and O–H groups in total. The Morgan fingerprint density at radius 3 is 2.59 bits per heavy atom. The van der Waals surface area contributed by atoms with Gasteiger partial charge in [0.25, 0.3) is 0 Å². The second kappa shape index (κ2) is 8.67. The molecular formula is C29H20O8. The van der Waals surface area contributed by atoms with Gasteiger partial charge in [-0.1, -0.05) is 12.1 Å². The van der Waals surface area contributed by atoms with E-state index in [1.165, 1.54) is 13.4 Å². The first-order chi connectivity index (χ1) is 18.0. The molecule has 0 amide bonds. The van der Waals surface area contributed by atoms with Gasteiger partial charge < -0.3 is 23.4 Å². The molecule has 1 aromatic heterocycles. The highest BCUT2D eigenvalue weighted by atomic mass is 16.5. The summed E-state index contributed by atoms with van der Waals surface area (Å²) in [7, 11) is 3.07. The standard InChI is InChI=1S/C29H20O8/c1-33-16-8-7-15(23(12-16)34-2)11-24-28(32)18-9-10-22-26(29(18)37-24)19(13-25(30)36-22)20-14-35-21-6-4-3-5-17(21)27(20)31/h3-12,14,19H,13H2,1-2H3/b24-11-/t19-/m1/s1. The molecule has 3 aromatic carbocycles. The highest BCUT2D eigenvalue weighted by Crippen LogP contribution is 2.48. The van der Waals surface area contributed by atoms with E-state index < -0.39 is 11.9 Å². The maximum absolute atomic E-state index is 13.4. The van der Waals surface area contributed by atoms with Crippen LogP contribution in [0.15, 0.2) is 75.8 Å². The Labute approximate surface area is 210 Å². The van der Waals surface area contributed by atoms with Crippen molar-refractivity contribution in [2.45, 2.75) is 12.3 Å². The number of hydrogen-bond donors (Lipinski definition) is 0. The van der Waals surface area contributed by atoms with E-state index in [2.05, 4.69) is 0 Å². The van der Waals surface area contributed by atoms with Crippen molar-refractivity contribution in [1.29, 1.82) is 0 Å². The second-order valence-electron chi connectivity index (χ2n) is 8.65. The minimum Gasteiger partial charge on any atom is -0.497 e. The van der Waals surface area contributed by atoms with Crippen LogP contribution in [0, 0.1) is 0 Å². The van der Waals surface area contributed by atoms with Crippen molar-refractivity contribution >= 4 is 28.8 Å². The van der Waals surface area contributed by atoms with Gasteiger partial charge in [0.1, 0.15) is 28.6 Å². The van der Waals surface area contributed by atoms with Crippen molar-refractivity contribution < 1.29 is 33.0 Å². The van der Waals surface area contributed by atoms with Crippen LogP contribution in [0.3, 0.4) is 0 Å². The maximum Gasteiger partial charge on any atom is 0.312 e. The van der Waals surface area contributed by atoms with Gasteiger partial charge in [-0.3, -0.25) is 14.4 Å². The fourth-order valence-electron chi connectivity index (χ4n) is 4.78. The Morgan fingerprint density at radius 1 is 0.946 bits per heavy atom. The van der Waals surface area contributed by atoms with Gasteiger partial charge in [0, 0.05) is 28.7 Å². The normalized spacial score (nSPS) is 17.2. The van der Waals surface area contributed by atoms with Crippen LogP contribution in [0.25, 0.3) is 17.0 Å². The molecule has 3 heterocycles. The van der Waals surface area contributed by atoms with Gasteiger partial charge >= 0.3 is 5.97 Å². The van der Waals surface area contributed by atoms with Crippen molar-refractivity contribution in [3.05, 3.63) is 99.1 Å². The number of benzene rings is 3. The van der Waals surface area contributed by atoms with Gasteiger partial charge in [0.15, 0.2) is 11.2 Å². The first-order valence-corrected chi connectivity index (χ1v) is 11.5. The SMILES string of the molecule is COc1ccc(/C=C2\Oc3c(ccc4c3[C@@H](c3coc5ccccc5c3=O)CC(=O)O4)C2=O)c(OC)c1. The number of methoxy groups -OCH3 is 2. The van der Waals surface area contributed by atoms with E-state index in [4.69, 9.17) is 23.4 Å². The number of carbonyl (C=O) groups excluding carboxylic acids is 2. The molecule has 8 nitrogen and oxygen atoms in total. The van der Waals surface area contributed by atoms with Crippen molar-refractivity contribution in [1.82, 2.24) is 0 Å². The first-order valence-electron chi connectivity index (χ1n) is 11.5. The molecule has 2 aliphatic rings. The van der Waals surface area contributed by atoms with Gasteiger partial charge in [-0.15, -0.1) is 0 Å². The second-order valence-corrected chi connectivity index (χ2v) is 8.65. The molecule has 184 valence electrons. The van der Waals surface area contributed by atoms with Crippen molar-refractivity contribution in [2.24, 2.45) is 0 Å². The van der Waals surface area contributed by atoms with E-state index >= 15 is 0 Å². The van der Waals surface area contributed by atoms with Crippen molar-refractivity contribution in [3.63, 3.8) is 0 Å². The largest absolute Gasteiger partial charge is 0.497 e. The monoisotopic (exact) mass is 496 g/mol. The van der Waals surface area contributed by atoms with E-state index in [0.717, 1.165) is 0 Å². The summed E-state index contributed by atoms with van der Waals surface area (Å²) in [6, 6.07) is 15.2. The van der Waals surface area contributed by atoms with Crippen LogP contribution in [0.5, 0.6) is 23.0 Å². The highest BCUT2D eigenvalue weighted by Gasteiger charge is 2.39. The summed E-state index contributed by atoms with van der Waals surface area (Å²) < 4.78 is 28.0. The number of allylic oxidation sites excluding steroid dienone is 1. The lowest BCUT2D eigenvalue weighted by molar-refractivity contribution is -0.135. The number of Topliss-reactive ketones (excluding diaryl/α,β-unsaturated/α-hetero) is 1. The summed E-state index contributed by atoms with van der Waals surface area (Å²) >= 11 is 0. The van der Waals surface area contributed by atoms with E-state index in [1.807, 2.05) is 0 Å². The van der Waals surface area contributed by atoms with Crippen molar-refractivity contribution in [2.75, 3.05) is 14.2 Å². The third-order valence-electron chi connectivity index (χ3n) is 6.59. The van der Waals surface area contributed by atoms with Crippen LogP contribution in [0.4, 0.5) is 0 Å². The molecular weight excluding hydrogens is 476 g/mol. The molecule has 0 fully saturated rings. The third-order valence-corrected chi connectivity index (χ3v) is 6.59. The number of rotatable bonds is 4. The van der Waals surface area contributed by atoms with Crippen LogP contribution in [0.2, 0.25) is 0 Å².